The lowest BCUT2D eigenvalue weighted by Gasteiger charge is -2.29. The fraction of sp³-hybridized carbons (Fsp3) is 0.667. The molecule has 0 radical (unpaired) electrons. The lowest BCUT2D eigenvalue weighted by molar-refractivity contribution is -0.141. The molecule has 1 aromatic carbocycles. The molecule has 3 N–H and O–H groups in total. The minimum atomic E-state index is -3.87. The summed E-state index contributed by atoms with van der Waals surface area (Å²) >= 11 is 0. The van der Waals surface area contributed by atoms with Crippen LogP contribution >= 0.6 is 0 Å². The third-order valence-corrected chi connectivity index (χ3v) is 13.6. The second-order valence-electron chi connectivity index (χ2n) is 15.7. The van der Waals surface area contributed by atoms with Gasteiger partial charge in [-0.15, -0.1) is 0 Å². The van der Waals surface area contributed by atoms with Crippen molar-refractivity contribution in [1.29, 1.82) is 0 Å². The molecule has 7 rings (SSSR count). The molecule has 55 heavy (non-hydrogen) atoms. The van der Waals surface area contributed by atoms with E-state index >= 15 is 0 Å². The Morgan fingerprint density at radius 3 is 2.45 bits per heavy atom. The summed E-state index contributed by atoms with van der Waals surface area (Å²) in [5.41, 5.74) is 0.156. The van der Waals surface area contributed by atoms with E-state index < -0.39 is 62.8 Å². The average molecular weight is 784 g/mol. The van der Waals surface area contributed by atoms with Crippen molar-refractivity contribution in [3.8, 4) is 17.4 Å². The van der Waals surface area contributed by atoms with Crippen LogP contribution in [0.15, 0.2) is 18.2 Å². The molecule has 2 aliphatic carbocycles. The number of fused-ring (bicyclic) bond motifs is 4. The summed E-state index contributed by atoms with van der Waals surface area (Å²) in [5.74, 6) is -0.550. The molecule has 4 amide bonds. The maximum Gasteiger partial charge on any atom is 0.407 e. The molecule has 4 fully saturated rings. The lowest BCUT2D eigenvalue weighted by atomic mass is 10.0. The van der Waals surface area contributed by atoms with Crippen molar-refractivity contribution in [2.45, 2.75) is 132 Å². The van der Waals surface area contributed by atoms with Gasteiger partial charge in [0, 0.05) is 23.9 Å². The van der Waals surface area contributed by atoms with Gasteiger partial charge in [-0.05, 0) is 68.9 Å². The molecule has 5 atom stereocenters. The molecule has 300 valence electrons. The first-order chi connectivity index (χ1) is 26.5. The Morgan fingerprint density at radius 1 is 0.945 bits per heavy atom. The maximum absolute atomic E-state index is 14.5. The van der Waals surface area contributed by atoms with Gasteiger partial charge in [0.15, 0.2) is 0 Å². The topological polar surface area (TPSA) is 192 Å². The fourth-order valence-corrected chi connectivity index (χ4v) is 9.75. The number of carbonyl (C=O) groups excluding carboxylic acids is 4. The summed E-state index contributed by atoms with van der Waals surface area (Å²) in [5, 5.41) is 5.86. The molecule has 3 aliphatic heterocycles. The molecule has 5 aliphatic rings. The number of hydrogen-bond donors (Lipinski definition) is 3. The number of hydrogen-bond acceptors (Lipinski definition) is 11. The van der Waals surface area contributed by atoms with E-state index in [0.29, 0.717) is 67.8 Å². The van der Waals surface area contributed by atoms with E-state index in [2.05, 4.69) is 20.3 Å². The van der Waals surface area contributed by atoms with Crippen LogP contribution in [0.5, 0.6) is 17.4 Å². The minimum Gasteiger partial charge on any atom is -0.496 e. The molecule has 15 nitrogen and oxygen atoms in total. The SMILES string of the molecule is COc1cc2c3cc(c(OC)cc3n1)CCCCCCOC(=O)N[C@H]1CCCCCCC[C@@H]3C[C@@]3(C(=O)NS(=O)(=O)C3CC3)NC(=O)[C@@H]3C[C@H](CN3C1=O)O2. The van der Waals surface area contributed by atoms with Crippen molar-refractivity contribution < 1.29 is 46.5 Å². The predicted octanol–water partition coefficient (Wildman–Crippen LogP) is 4.04. The first kappa shape index (κ1) is 38.9. The molecule has 0 spiro atoms. The quantitative estimate of drug-likeness (QED) is 0.397. The largest absolute Gasteiger partial charge is 0.496 e. The summed E-state index contributed by atoms with van der Waals surface area (Å²) in [6.07, 6.45) is 9.10. The van der Waals surface area contributed by atoms with Crippen molar-refractivity contribution in [1.82, 2.24) is 25.2 Å². The first-order valence-electron chi connectivity index (χ1n) is 19.9. The van der Waals surface area contributed by atoms with Gasteiger partial charge in [0.25, 0.3) is 5.91 Å². The number of amides is 4. The number of rotatable bonds is 5. The van der Waals surface area contributed by atoms with Crippen LogP contribution in [-0.2, 0) is 35.6 Å². The summed E-state index contributed by atoms with van der Waals surface area (Å²) in [6.45, 7) is 0.216. The van der Waals surface area contributed by atoms with Crippen LogP contribution in [-0.4, -0.2) is 98.5 Å². The highest BCUT2D eigenvalue weighted by Crippen LogP contribution is 2.48. The summed E-state index contributed by atoms with van der Waals surface area (Å²) < 4.78 is 51.5. The van der Waals surface area contributed by atoms with Crippen molar-refractivity contribution in [2.24, 2.45) is 5.92 Å². The van der Waals surface area contributed by atoms with Gasteiger partial charge in [-0.1, -0.05) is 44.9 Å². The van der Waals surface area contributed by atoms with E-state index in [9.17, 15) is 27.6 Å². The van der Waals surface area contributed by atoms with E-state index in [4.69, 9.17) is 18.9 Å². The minimum absolute atomic E-state index is 0.0119. The molecule has 0 unspecified atom stereocenters. The van der Waals surface area contributed by atoms with Crippen molar-refractivity contribution in [2.75, 3.05) is 27.4 Å². The molecule has 2 saturated heterocycles. The Hall–Kier alpha value is -4.34. The molecule has 16 heteroatoms. The van der Waals surface area contributed by atoms with Crippen molar-refractivity contribution in [3.05, 3.63) is 23.8 Å². The van der Waals surface area contributed by atoms with Crippen molar-refractivity contribution in [3.63, 3.8) is 0 Å². The highest BCUT2D eigenvalue weighted by Gasteiger charge is 2.62. The number of sulfonamides is 1. The van der Waals surface area contributed by atoms with Gasteiger partial charge in [-0.25, -0.2) is 18.2 Å². The van der Waals surface area contributed by atoms with Crippen LogP contribution in [0, 0.1) is 5.92 Å². The van der Waals surface area contributed by atoms with Gasteiger partial charge in [0.05, 0.1) is 38.1 Å². The number of nitrogens with zero attached hydrogens (tertiary/aromatic N) is 2. The number of ether oxygens (including phenoxy) is 4. The molecule has 5 bridgehead atoms. The van der Waals surface area contributed by atoms with E-state index in [1.807, 2.05) is 12.1 Å². The molecule has 2 aromatic rings. The molecule has 2 saturated carbocycles. The molecular formula is C39H53N5O10S. The predicted molar refractivity (Wildman–Crippen MR) is 201 cm³/mol. The number of nitrogens with one attached hydrogen (secondary N) is 3. The molecular weight excluding hydrogens is 731 g/mol. The molecule has 1 aromatic heterocycles. The van der Waals surface area contributed by atoms with Gasteiger partial charge in [0.1, 0.15) is 35.2 Å². The number of methoxy groups -OCH3 is 2. The zero-order chi connectivity index (χ0) is 38.7. The zero-order valence-corrected chi connectivity index (χ0v) is 32.5. The van der Waals surface area contributed by atoms with Gasteiger partial charge in [0.2, 0.25) is 27.7 Å². The number of alkyl carbamates (subject to hydrolysis) is 1. The Balaban J connectivity index is 1.24. The number of aryl methyl sites for hydroxylation is 1. The van der Waals surface area contributed by atoms with Crippen LogP contribution in [0.2, 0.25) is 0 Å². The molecule has 4 heterocycles. The van der Waals surface area contributed by atoms with Crippen LogP contribution in [0.1, 0.15) is 102 Å². The first-order valence-corrected chi connectivity index (χ1v) is 21.4. The van der Waals surface area contributed by atoms with Gasteiger partial charge in [-0.3, -0.25) is 19.1 Å². The number of benzene rings is 1. The number of cyclic esters (lactones) is 1. The smallest absolute Gasteiger partial charge is 0.407 e. The average Bonchev–Trinajstić information content (AvgIpc) is 4.09. The van der Waals surface area contributed by atoms with Gasteiger partial charge < -0.3 is 34.5 Å². The summed E-state index contributed by atoms with van der Waals surface area (Å²) in [4.78, 5) is 62.0. The third kappa shape index (κ3) is 8.73. The summed E-state index contributed by atoms with van der Waals surface area (Å²) in [7, 11) is -0.742. The number of carbonyl (C=O) groups is 4. The maximum atomic E-state index is 14.5. The third-order valence-electron chi connectivity index (χ3n) is 11.8. The Morgan fingerprint density at radius 2 is 1.69 bits per heavy atom. The normalized spacial score (nSPS) is 28.5. The highest BCUT2D eigenvalue weighted by molar-refractivity contribution is 7.91. The number of aromatic nitrogens is 1. The van der Waals surface area contributed by atoms with Crippen LogP contribution in [0.25, 0.3) is 10.9 Å². The highest BCUT2D eigenvalue weighted by atomic mass is 32.2. The van der Waals surface area contributed by atoms with Gasteiger partial charge in [-0.2, -0.15) is 0 Å². The fourth-order valence-electron chi connectivity index (χ4n) is 8.38. The van der Waals surface area contributed by atoms with Crippen LogP contribution in [0.3, 0.4) is 0 Å². The van der Waals surface area contributed by atoms with Gasteiger partial charge >= 0.3 is 6.09 Å². The van der Waals surface area contributed by atoms with Crippen molar-refractivity contribution >= 4 is 44.7 Å². The van der Waals surface area contributed by atoms with E-state index in [1.54, 1.807) is 13.2 Å². The van der Waals surface area contributed by atoms with E-state index in [0.717, 1.165) is 62.3 Å². The van der Waals surface area contributed by atoms with E-state index in [1.165, 1.54) is 12.0 Å². The Kier molecular flexibility index (Phi) is 11.6. The lowest BCUT2D eigenvalue weighted by Crippen LogP contribution is -2.58. The monoisotopic (exact) mass is 783 g/mol. The summed E-state index contributed by atoms with van der Waals surface area (Å²) in [6, 6.07) is 3.51. The van der Waals surface area contributed by atoms with Crippen LogP contribution < -0.4 is 29.6 Å². The second-order valence-corrected chi connectivity index (χ2v) is 17.7. The number of pyridine rings is 1. The standard InChI is InChI=1S/C39H53N5O10S/c1-51-32-20-30-28-18-24(32)12-8-6-7-11-17-53-38(48)41-29-14-10-5-3-4-9-13-25-22-39(25,37(47)43-55(49,50)27-15-16-27)42-35(45)31-19-26(23-44(31)36(29)46)54-33(28)21-34(40-30)52-2/h18,20-21,25-27,29,31H,3-17,19,22-23H2,1-2H3,(H,41,48)(H,42,45)(H,43,47)/t25-,26-,29+,31+,39-/m1/s1. The van der Waals surface area contributed by atoms with E-state index in [-0.39, 0.29) is 25.5 Å². The second kappa shape index (κ2) is 16.4. The Bertz CT molecular complexity index is 1900. The Labute approximate surface area is 322 Å². The van der Waals surface area contributed by atoms with Crippen LogP contribution in [0.4, 0.5) is 4.79 Å². The zero-order valence-electron chi connectivity index (χ0n) is 31.7.